The molecule has 1 atom stereocenters. The first kappa shape index (κ1) is 43.3. The van der Waals surface area contributed by atoms with Crippen LogP contribution < -0.4 is 4.90 Å². The number of aryl methyl sites for hydroxylation is 2. The molecule has 1 nitrogen and oxygen atoms in total. The predicted molar refractivity (Wildman–Crippen MR) is 284 cm³/mol. The molecule has 1 spiro atoms. The van der Waals surface area contributed by atoms with Crippen molar-refractivity contribution in [3.63, 3.8) is 0 Å². The smallest absolute Gasteiger partial charge is 0.0726 e. The Bertz CT molecular complexity index is 3180. The van der Waals surface area contributed by atoms with E-state index >= 15 is 0 Å². The lowest BCUT2D eigenvalue weighted by Gasteiger charge is -2.32. The van der Waals surface area contributed by atoms with Crippen LogP contribution in [0.25, 0.3) is 48.4 Å². The quantitative estimate of drug-likeness (QED) is 0.161. The van der Waals surface area contributed by atoms with Gasteiger partial charge in [-0.2, -0.15) is 0 Å². The fourth-order valence-corrected chi connectivity index (χ4v) is 11.4. The summed E-state index contributed by atoms with van der Waals surface area (Å²) in [4.78, 5) is 5.05. The van der Waals surface area contributed by atoms with E-state index in [1.807, 2.05) is 31.3 Å². The molecule has 11 rings (SSSR count). The molecule has 0 radical (unpaired) electrons. The van der Waals surface area contributed by atoms with E-state index in [9.17, 15) is 0 Å². The maximum absolute atomic E-state index is 4.22. The third kappa shape index (κ3) is 7.66. The van der Waals surface area contributed by atoms with Crippen molar-refractivity contribution in [1.82, 2.24) is 0 Å². The molecule has 3 aliphatic carbocycles. The van der Waals surface area contributed by atoms with Crippen molar-refractivity contribution in [3.05, 3.63) is 251 Å². The summed E-state index contributed by atoms with van der Waals surface area (Å²) in [5.74, 6) is 0. The Morgan fingerprint density at radius 1 is 0.569 bits per heavy atom. The molecule has 0 bridgehead atoms. The maximum Gasteiger partial charge on any atom is 0.0726 e. The van der Waals surface area contributed by atoms with Gasteiger partial charge >= 0.3 is 0 Å². The molecule has 7 aromatic carbocycles. The molecule has 0 saturated heterocycles. The number of hydrogen-bond acceptors (Lipinski definition) is 2. The molecule has 3 aliphatic rings. The van der Waals surface area contributed by atoms with Crippen molar-refractivity contribution in [3.8, 4) is 32.0 Å². The minimum absolute atomic E-state index is 0.473. The van der Waals surface area contributed by atoms with Crippen LogP contribution in [-0.4, -0.2) is 0 Å². The van der Waals surface area contributed by atoms with E-state index in [0.717, 1.165) is 17.1 Å². The van der Waals surface area contributed by atoms with Gasteiger partial charge in [-0.1, -0.05) is 184 Å². The normalized spacial score (nSPS) is 16.6. The number of allylic oxidation sites excluding steroid dienone is 9. The molecule has 320 valence electrons. The minimum Gasteiger partial charge on any atom is -0.310 e. The predicted octanol–water partition coefficient (Wildman–Crippen LogP) is 18.5. The molecule has 0 saturated carbocycles. The van der Waals surface area contributed by atoms with E-state index in [1.165, 1.54) is 106 Å². The van der Waals surface area contributed by atoms with Crippen molar-refractivity contribution in [2.24, 2.45) is 0 Å². The number of nitrogens with zero attached hydrogens (tertiary/aromatic N) is 1. The Hall–Kier alpha value is -7.00. The number of hydrogen-bond donors (Lipinski definition) is 0. The number of benzene rings is 7. The van der Waals surface area contributed by atoms with Crippen LogP contribution in [0.2, 0.25) is 0 Å². The molecule has 65 heavy (non-hydrogen) atoms. The molecule has 2 heteroatoms. The summed E-state index contributed by atoms with van der Waals surface area (Å²) in [6.07, 6.45) is 15.6. The second-order valence-electron chi connectivity index (χ2n) is 16.9. The number of fused-ring (bicyclic) bond motifs is 8. The van der Waals surface area contributed by atoms with E-state index in [1.54, 1.807) is 0 Å². The van der Waals surface area contributed by atoms with Gasteiger partial charge in [0, 0.05) is 26.8 Å². The zero-order valence-corrected chi connectivity index (χ0v) is 39.3. The van der Waals surface area contributed by atoms with Crippen molar-refractivity contribution >= 4 is 44.7 Å². The van der Waals surface area contributed by atoms with E-state index in [0.29, 0.717) is 0 Å². The SMILES string of the molecule is C=C/C=C1\C(=C/C)c2ccccc2C12c1ccccc1-c1ccc(N(c3ccc(-c4cc(C)c(-c5ccccc5C)s4)cc3)c3ccc4ccccc4c3)cc12.CC.CC1=CCCC=C1. The van der Waals surface area contributed by atoms with Gasteiger partial charge in [-0.15, -0.1) is 11.3 Å². The minimum atomic E-state index is -0.473. The zero-order chi connectivity index (χ0) is 45.1. The molecule has 0 fully saturated rings. The lowest BCUT2D eigenvalue weighted by molar-refractivity contribution is 0.794. The standard InChI is InChI=1S/C54H41NS.C7H10.C2H6/c1-5-15-48-43(6-2)45-20-11-13-22-49(45)54(48)50-23-14-12-21-46(50)47-31-30-42(34-51(47)54)55(41-29-24-37-17-8-9-18-39(37)33-41)40-27-25-38(26-28-40)52-32-36(4)53(56-52)44-19-10-7-16-35(44)3;1-7-5-3-2-4-6-7;1-2/h5-34H,1H2,2-4H3;3,5-6H,2,4H2,1H3;1-2H3/b43-6-,48-15+;;. The lowest BCUT2D eigenvalue weighted by Crippen LogP contribution is -2.26. The first-order valence-corrected chi connectivity index (χ1v) is 24.0. The molecular weight excluding hydrogens is 803 g/mol. The Balaban J connectivity index is 0.000000537. The summed E-state index contributed by atoms with van der Waals surface area (Å²) < 4.78 is 0. The Morgan fingerprint density at radius 2 is 1.18 bits per heavy atom. The molecular formula is C63H57NS. The van der Waals surface area contributed by atoms with Crippen LogP contribution in [0.5, 0.6) is 0 Å². The zero-order valence-electron chi connectivity index (χ0n) is 38.5. The second kappa shape index (κ2) is 18.6. The summed E-state index contributed by atoms with van der Waals surface area (Å²) in [5.41, 5.74) is 19.8. The Morgan fingerprint density at radius 3 is 1.86 bits per heavy atom. The summed E-state index contributed by atoms with van der Waals surface area (Å²) in [7, 11) is 0. The van der Waals surface area contributed by atoms with E-state index in [-0.39, 0.29) is 0 Å². The van der Waals surface area contributed by atoms with Gasteiger partial charge in [0.05, 0.1) is 5.41 Å². The summed E-state index contributed by atoms with van der Waals surface area (Å²) >= 11 is 1.88. The molecule has 1 aromatic heterocycles. The van der Waals surface area contributed by atoms with Crippen LogP contribution in [-0.2, 0) is 5.41 Å². The number of rotatable bonds is 6. The van der Waals surface area contributed by atoms with Gasteiger partial charge in [0.25, 0.3) is 0 Å². The number of thiophene rings is 1. The van der Waals surface area contributed by atoms with Crippen LogP contribution in [0.1, 0.15) is 73.9 Å². The fraction of sp³-hybridized carbons (Fsp3) is 0.143. The highest BCUT2D eigenvalue weighted by Gasteiger charge is 2.53. The second-order valence-corrected chi connectivity index (χ2v) is 17.9. The molecule has 1 unspecified atom stereocenters. The van der Waals surface area contributed by atoms with Crippen LogP contribution >= 0.6 is 11.3 Å². The molecule has 1 heterocycles. The van der Waals surface area contributed by atoms with Crippen LogP contribution in [0.4, 0.5) is 17.1 Å². The third-order valence-electron chi connectivity index (χ3n) is 13.1. The highest BCUT2D eigenvalue weighted by molar-refractivity contribution is 7.19. The van der Waals surface area contributed by atoms with E-state index in [2.05, 4.69) is 233 Å². The first-order chi connectivity index (χ1) is 31.9. The lowest BCUT2D eigenvalue weighted by atomic mass is 9.70. The third-order valence-corrected chi connectivity index (χ3v) is 14.4. The molecule has 0 amide bonds. The average Bonchev–Trinajstić information content (AvgIpc) is 3.98. The van der Waals surface area contributed by atoms with Crippen LogP contribution in [0.3, 0.4) is 0 Å². The maximum atomic E-state index is 4.22. The summed E-state index contributed by atoms with van der Waals surface area (Å²) in [5, 5.41) is 2.45. The Kier molecular flexibility index (Phi) is 12.4. The highest BCUT2D eigenvalue weighted by atomic mass is 32.1. The van der Waals surface area contributed by atoms with Crippen molar-refractivity contribution in [2.75, 3.05) is 4.90 Å². The summed E-state index contributed by atoms with van der Waals surface area (Å²) in [6.45, 7) is 16.9. The van der Waals surface area contributed by atoms with E-state index in [4.69, 9.17) is 0 Å². The van der Waals surface area contributed by atoms with E-state index < -0.39 is 5.41 Å². The first-order valence-electron chi connectivity index (χ1n) is 23.1. The fourth-order valence-electron chi connectivity index (χ4n) is 10.2. The van der Waals surface area contributed by atoms with Gasteiger partial charge in [0.2, 0.25) is 0 Å². The van der Waals surface area contributed by atoms with Gasteiger partial charge in [-0.05, 0) is 161 Å². The largest absolute Gasteiger partial charge is 0.310 e. The molecule has 8 aromatic rings. The monoisotopic (exact) mass is 859 g/mol. The highest BCUT2D eigenvalue weighted by Crippen LogP contribution is 2.64. The molecule has 0 N–H and O–H groups in total. The molecule has 0 aliphatic heterocycles. The van der Waals surface area contributed by atoms with Crippen LogP contribution in [0.15, 0.2) is 218 Å². The van der Waals surface area contributed by atoms with Crippen molar-refractivity contribution in [1.29, 1.82) is 0 Å². The average molecular weight is 860 g/mol. The van der Waals surface area contributed by atoms with Crippen molar-refractivity contribution in [2.45, 2.75) is 59.8 Å². The van der Waals surface area contributed by atoms with Gasteiger partial charge in [-0.25, -0.2) is 0 Å². The van der Waals surface area contributed by atoms with Crippen molar-refractivity contribution < 1.29 is 0 Å². The Labute approximate surface area is 390 Å². The van der Waals surface area contributed by atoms with Crippen LogP contribution in [0, 0.1) is 13.8 Å². The summed E-state index contributed by atoms with van der Waals surface area (Å²) in [6, 6.07) is 60.7. The number of anilines is 3. The van der Waals surface area contributed by atoms with Gasteiger partial charge in [0.1, 0.15) is 0 Å². The topological polar surface area (TPSA) is 3.24 Å². The van der Waals surface area contributed by atoms with Gasteiger partial charge < -0.3 is 4.90 Å². The van der Waals surface area contributed by atoms with Gasteiger partial charge in [0.15, 0.2) is 0 Å². The van der Waals surface area contributed by atoms with Gasteiger partial charge in [-0.3, -0.25) is 0 Å².